The van der Waals surface area contributed by atoms with E-state index >= 15 is 0 Å². The molecule has 2 atom stereocenters. The molecule has 0 fully saturated rings. The van der Waals surface area contributed by atoms with Crippen LogP contribution in [0.25, 0.3) is 0 Å². The Kier molecular flexibility index (Phi) is 7.69. The molecule has 0 aliphatic carbocycles. The van der Waals surface area contributed by atoms with Gasteiger partial charge in [0, 0.05) is 25.9 Å². The van der Waals surface area contributed by atoms with Crippen molar-refractivity contribution in [2.45, 2.75) is 44.8 Å². The van der Waals surface area contributed by atoms with E-state index in [1.807, 2.05) is 6.20 Å². The highest BCUT2D eigenvalue weighted by Gasteiger charge is 2.43. The van der Waals surface area contributed by atoms with Crippen molar-refractivity contribution in [1.82, 2.24) is 14.6 Å². The van der Waals surface area contributed by atoms with Crippen LogP contribution in [0.15, 0.2) is 38.0 Å². The molecule has 3 N–H and O–H groups in total. The monoisotopic (exact) mass is 579 g/mol. The van der Waals surface area contributed by atoms with Crippen LogP contribution in [0.5, 0.6) is 5.75 Å². The van der Waals surface area contributed by atoms with Crippen LogP contribution in [0, 0.1) is 12.8 Å². The van der Waals surface area contributed by atoms with E-state index in [1.54, 1.807) is 22.9 Å². The maximum atomic E-state index is 13.8. The number of hydrogen-bond acceptors (Lipinski definition) is 9. The fraction of sp³-hybridized carbons (Fsp3) is 0.462. The number of aliphatic carboxylic acids is 1. The van der Waals surface area contributed by atoms with Gasteiger partial charge in [-0.05, 0) is 36.6 Å². The molecule has 5 rings (SSSR count). The van der Waals surface area contributed by atoms with Crippen molar-refractivity contribution in [2.24, 2.45) is 5.92 Å². The highest BCUT2D eigenvalue weighted by molar-refractivity contribution is 5.84. The van der Waals surface area contributed by atoms with Gasteiger partial charge in [0.1, 0.15) is 18.1 Å². The van der Waals surface area contributed by atoms with E-state index in [4.69, 9.17) is 13.6 Å². The Bertz CT molecular complexity index is 1470. The summed E-state index contributed by atoms with van der Waals surface area (Å²) in [5.74, 6) is -3.42. The second-order valence-corrected chi connectivity index (χ2v) is 9.95. The Hall–Kier alpha value is -4.43. The van der Waals surface area contributed by atoms with Gasteiger partial charge in [0.2, 0.25) is 11.9 Å². The second-order valence-electron chi connectivity index (χ2n) is 9.95. The number of aryl methyl sites for hydroxylation is 1. The quantitative estimate of drug-likeness (QED) is 0.345. The maximum absolute atomic E-state index is 13.8. The van der Waals surface area contributed by atoms with E-state index in [-0.39, 0.29) is 31.0 Å². The largest absolute Gasteiger partial charge is 0.519 e. The van der Waals surface area contributed by atoms with Crippen LogP contribution in [0.2, 0.25) is 0 Å². The van der Waals surface area contributed by atoms with Crippen LogP contribution in [0.1, 0.15) is 40.8 Å². The minimum Gasteiger partial charge on any atom is -0.493 e. The molecular formula is C26H28F3N5O7. The van der Waals surface area contributed by atoms with Crippen LogP contribution in [-0.4, -0.2) is 64.0 Å². The molecule has 2 aliphatic rings. The lowest BCUT2D eigenvalue weighted by atomic mass is 9.92. The van der Waals surface area contributed by atoms with Crippen molar-refractivity contribution in [3.8, 4) is 5.75 Å². The van der Waals surface area contributed by atoms with Gasteiger partial charge < -0.3 is 34.3 Å². The normalized spacial score (nSPS) is 18.6. The van der Waals surface area contributed by atoms with Crippen molar-refractivity contribution in [3.63, 3.8) is 0 Å². The predicted molar refractivity (Wildman–Crippen MR) is 136 cm³/mol. The molecule has 1 amide bonds. The highest BCUT2D eigenvalue weighted by atomic mass is 19.4. The van der Waals surface area contributed by atoms with Crippen molar-refractivity contribution >= 4 is 17.8 Å². The SMILES string of the molecule is Cc1oc(=O)oc1CC1c2cc(OCCc3cn4c(n3)NCCN4)ccc2C[C@@H](CC(=O)O)C(=O)N1CC(F)(F)F. The molecule has 0 saturated heterocycles. The number of carbonyl (C=O) groups excluding carboxylic acids is 1. The fourth-order valence-electron chi connectivity index (χ4n) is 5.19. The first-order valence-electron chi connectivity index (χ1n) is 13.0. The summed E-state index contributed by atoms with van der Waals surface area (Å²) in [5, 5.41) is 12.5. The van der Waals surface area contributed by atoms with Crippen LogP contribution in [0.3, 0.4) is 0 Å². The van der Waals surface area contributed by atoms with Gasteiger partial charge in [-0.3, -0.25) is 9.59 Å². The lowest BCUT2D eigenvalue weighted by Crippen LogP contribution is -2.44. The number of nitrogens with zero attached hydrogens (tertiary/aromatic N) is 3. The molecule has 2 aromatic heterocycles. The maximum Gasteiger partial charge on any atom is 0.519 e. The molecule has 1 aromatic carbocycles. The zero-order chi connectivity index (χ0) is 29.3. The van der Waals surface area contributed by atoms with Gasteiger partial charge in [-0.15, -0.1) is 0 Å². The first-order chi connectivity index (χ1) is 19.5. The summed E-state index contributed by atoms with van der Waals surface area (Å²) in [4.78, 5) is 41.7. The van der Waals surface area contributed by atoms with Gasteiger partial charge in [-0.2, -0.15) is 13.2 Å². The van der Waals surface area contributed by atoms with Crippen LogP contribution in [0.4, 0.5) is 19.1 Å². The smallest absolute Gasteiger partial charge is 0.493 e. The lowest BCUT2D eigenvalue weighted by molar-refractivity contribution is -0.169. The molecule has 41 heavy (non-hydrogen) atoms. The van der Waals surface area contributed by atoms with E-state index in [9.17, 15) is 32.7 Å². The Morgan fingerprint density at radius 2 is 2.05 bits per heavy atom. The third kappa shape index (κ3) is 6.49. The van der Waals surface area contributed by atoms with Gasteiger partial charge in [0.15, 0.2) is 5.76 Å². The number of nitrogens with one attached hydrogen (secondary N) is 2. The number of imidazole rings is 1. The minimum absolute atomic E-state index is 0.0140. The number of carboxylic acids is 1. The number of hydrogen-bond donors (Lipinski definition) is 3. The number of aromatic nitrogens is 2. The number of ether oxygens (including phenoxy) is 1. The summed E-state index contributed by atoms with van der Waals surface area (Å²) in [6.45, 7) is 1.51. The molecule has 2 aliphatic heterocycles. The van der Waals surface area contributed by atoms with E-state index < -0.39 is 48.8 Å². The van der Waals surface area contributed by atoms with Crippen molar-refractivity contribution in [1.29, 1.82) is 0 Å². The molecule has 4 heterocycles. The first-order valence-corrected chi connectivity index (χ1v) is 13.0. The average Bonchev–Trinajstić information content (AvgIpc) is 3.43. The summed E-state index contributed by atoms with van der Waals surface area (Å²) < 4.78 is 58.9. The van der Waals surface area contributed by atoms with Gasteiger partial charge in [-0.1, -0.05) is 6.07 Å². The topological polar surface area (TPSA) is 152 Å². The number of carboxylic acid groups (broad SMARTS) is 1. The Morgan fingerprint density at radius 3 is 2.73 bits per heavy atom. The lowest BCUT2D eigenvalue weighted by Gasteiger charge is -2.32. The molecular weight excluding hydrogens is 551 g/mol. The average molecular weight is 580 g/mol. The zero-order valence-electron chi connectivity index (χ0n) is 22.0. The highest BCUT2D eigenvalue weighted by Crippen LogP contribution is 2.39. The molecule has 3 aromatic rings. The molecule has 0 radical (unpaired) electrons. The van der Waals surface area contributed by atoms with Crippen molar-refractivity contribution < 1.29 is 41.4 Å². The van der Waals surface area contributed by atoms with Crippen LogP contribution >= 0.6 is 0 Å². The van der Waals surface area contributed by atoms with Gasteiger partial charge in [0.25, 0.3) is 0 Å². The minimum atomic E-state index is -4.78. The predicted octanol–water partition coefficient (Wildman–Crippen LogP) is 2.65. The summed E-state index contributed by atoms with van der Waals surface area (Å²) in [6.07, 6.45) is -3.52. The number of rotatable bonds is 9. The second kappa shape index (κ2) is 11.2. The number of benzene rings is 1. The summed E-state index contributed by atoms with van der Waals surface area (Å²) in [5.41, 5.74) is 4.76. The van der Waals surface area contributed by atoms with Gasteiger partial charge >= 0.3 is 18.0 Å². The number of alkyl halides is 3. The molecule has 12 nitrogen and oxygen atoms in total. The van der Waals surface area contributed by atoms with E-state index in [2.05, 4.69) is 15.7 Å². The van der Waals surface area contributed by atoms with E-state index in [0.29, 0.717) is 34.1 Å². The Morgan fingerprint density at radius 1 is 1.24 bits per heavy atom. The van der Waals surface area contributed by atoms with Gasteiger partial charge in [-0.25, -0.2) is 14.5 Å². The van der Waals surface area contributed by atoms with E-state index in [0.717, 1.165) is 18.8 Å². The first kappa shape index (κ1) is 28.1. The van der Waals surface area contributed by atoms with Crippen LogP contribution < -0.4 is 21.3 Å². The summed E-state index contributed by atoms with van der Waals surface area (Å²) in [6, 6.07) is 3.56. The van der Waals surface area contributed by atoms with Crippen molar-refractivity contribution in [3.05, 3.63) is 63.4 Å². The third-order valence-electron chi connectivity index (χ3n) is 7.01. The molecule has 1 unspecified atom stereocenters. The number of fused-ring (bicyclic) bond motifs is 2. The van der Waals surface area contributed by atoms with E-state index in [1.165, 1.54) is 6.92 Å². The third-order valence-corrected chi connectivity index (χ3v) is 7.01. The molecule has 0 bridgehead atoms. The Labute approximate surface area is 231 Å². The number of carbonyl (C=O) groups is 2. The standard InChI is InChI=1S/C26H28F3N5O7/c1-14-21(41-25(38)40-14)11-20-19-10-18(39-7-4-17-12-34-24(32-17)30-5-6-31-34)3-2-15(19)8-16(9-22(35)36)23(37)33(20)13-26(27,28)29/h2-3,10,12,16,20,31H,4-9,11,13H2,1H3,(H,30,32)(H,35,36)/t16-,20?/m0/s1. The number of halogens is 3. The summed E-state index contributed by atoms with van der Waals surface area (Å²) >= 11 is 0. The molecule has 0 saturated carbocycles. The molecule has 15 heteroatoms. The summed E-state index contributed by atoms with van der Waals surface area (Å²) in [7, 11) is 0. The number of amides is 1. The van der Waals surface area contributed by atoms with Gasteiger partial charge in [0.05, 0.1) is 36.9 Å². The Balaban J connectivity index is 1.46. The number of anilines is 1. The van der Waals surface area contributed by atoms with Crippen LogP contribution in [-0.2, 0) is 28.9 Å². The molecule has 220 valence electrons. The zero-order valence-corrected chi connectivity index (χ0v) is 22.0. The van der Waals surface area contributed by atoms with Crippen molar-refractivity contribution in [2.75, 3.05) is 37.0 Å². The molecule has 0 spiro atoms. The fourth-order valence-corrected chi connectivity index (χ4v) is 5.19.